The van der Waals surface area contributed by atoms with E-state index in [2.05, 4.69) is 25.8 Å². The average Bonchev–Trinajstić information content (AvgIpc) is 2.69. The van der Waals surface area contributed by atoms with E-state index >= 15 is 0 Å². The fourth-order valence-corrected chi connectivity index (χ4v) is 3.78. The van der Waals surface area contributed by atoms with Gasteiger partial charge in [-0.2, -0.15) is 0 Å². The number of nitrogens with zero attached hydrogens (tertiary/aromatic N) is 2. The van der Waals surface area contributed by atoms with Gasteiger partial charge in [0.1, 0.15) is 0 Å². The monoisotopic (exact) mass is 300 g/mol. The molecule has 2 aliphatic rings. The first kappa shape index (κ1) is 15.4. The quantitative estimate of drug-likeness (QED) is 0.742. The minimum atomic E-state index is -0.197. The molecule has 3 rings (SSSR count). The van der Waals surface area contributed by atoms with E-state index in [9.17, 15) is 4.79 Å². The molecule has 0 aliphatic carbocycles. The van der Waals surface area contributed by atoms with Crippen LogP contribution in [0.1, 0.15) is 35.6 Å². The van der Waals surface area contributed by atoms with Crippen molar-refractivity contribution in [1.29, 1.82) is 0 Å². The van der Waals surface area contributed by atoms with Crippen molar-refractivity contribution >= 4 is 19.8 Å². The molecule has 0 spiro atoms. The molecule has 0 unspecified atom stereocenters. The molecule has 4 nitrogen and oxygen atoms in total. The summed E-state index contributed by atoms with van der Waals surface area (Å²) < 4.78 is 5.26. The van der Waals surface area contributed by atoms with Crippen LogP contribution in [0.2, 0.25) is 0 Å². The second-order valence-electron chi connectivity index (χ2n) is 6.40. The lowest BCUT2D eigenvalue weighted by Crippen LogP contribution is -2.37. The standard InChI is InChI=1S/C17H25BN2O2/c1-3-22-17(21)20-8-4-5-14-11-13-6-9-19(18)10-7-15(13)12(2)16(14)20/h11H,3-10,18H2,1-2H3. The number of anilines is 1. The molecule has 1 aromatic rings. The van der Waals surface area contributed by atoms with Gasteiger partial charge < -0.3 is 9.55 Å². The molecule has 1 aromatic carbocycles. The Morgan fingerprint density at radius 1 is 1.23 bits per heavy atom. The summed E-state index contributed by atoms with van der Waals surface area (Å²) in [5.74, 6) is 0. The Bertz CT molecular complexity index is 589. The molecule has 0 saturated heterocycles. The third-order valence-electron chi connectivity index (χ3n) is 4.94. The lowest BCUT2D eigenvalue weighted by atomic mass is 9.89. The van der Waals surface area contributed by atoms with Crippen LogP contribution < -0.4 is 4.90 Å². The van der Waals surface area contributed by atoms with Gasteiger partial charge in [0.15, 0.2) is 7.98 Å². The fraction of sp³-hybridized carbons (Fsp3) is 0.588. The first-order valence-electron chi connectivity index (χ1n) is 8.39. The minimum Gasteiger partial charge on any atom is -0.449 e. The van der Waals surface area contributed by atoms with Crippen LogP contribution in [0.3, 0.4) is 0 Å². The molecular formula is C17H25BN2O2. The molecule has 0 saturated carbocycles. The number of carbonyl (C=O) groups excluding carboxylic acids is 1. The summed E-state index contributed by atoms with van der Waals surface area (Å²) in [6.45, 7) is 7.45. The van der Waals surface area contributed by atoms with Crippen LogP contribution in [0, 0.1) is 6.92 Å². The summed E-state index contributed by atoms with van der Waals surface area (Å²) in [5.41, 5.74) is 6.65. The van der Waals surface area contributed by atoms with E-state index in [0.29, 0.717) is 6.61 Å². The van der Waals surface area contributed by atoms with Crippen LogP contribution in [0.25, 0.3) is 0 Å². The van der Waals surface area contributed by atoms with Crippen molar-refractivity contribution in [3.8, 4) is 0 Å². The van der Waals surface area contributed by atoms with Gasteiger partial charge in [-0.3, -0.25) is 4.90 Å². The third kappa shape index (κ3) is 2.74. The number of amides is 1. The highest BCUT2D eigenvalue weighted by Crippen LogP contribution is 2.36. The van der Waals surface area contributed by atoms with Crippen molar-refractivity contribution in [2.75, 3.05) is 31.1 Å². The maximum Gasteiger partial charge on any atom is 0.414 e. The Kier molecular flexibility index (Phi) is 4.43. The van der Waals surface area contributed by atoms with Gasteiger partial charge in [0, 0.05) is 6.54 Å². The smallest absolute Gasteiger partial charge is 0.414 e. The Hall–Kier alpha value is -1.49. The molecule has 22 heavy (non-hydrogen) atoms. The maximum absolute atomic E-state index is 12.3. The van der Waals surface area contributed by atoms with Gasteiger partial charge in [0.25, 0.3) is 0 Å². The lowest BCUT2D eigenvalue weighted by molar-refractivity contribution is 0.159. The number of hydrogen-bond acceptors (Lipinski definition) is 3. The second-order valence-corrected chi connectivity index (χ2v) is 6.40. The molecule has 5 heteroatoms. The molecule has 1 amide bonds. The summed E-state index contributed by atoms with van der Waals surface area (Å²) in [7, 11) is 2.19. The van der Waals surface area contributed by atoms with Crippen LogP contribution in [0.15, 0.2) is 6.07 Å². The predicted octanol–water partition coefficient (Wildman–Crippen LogP) is 1.85. The minimum absolute atomic E-state index is 0.197. The summed E-state index contributed by atoms with van der Waals surface area (Å²) in [5, 5.41) is 0. The Balaban J connectivity index is 2.04. The second kappa shape index (κ2) is 6.33. The Labute approximate surface area is 133 Å². The van der Waals surface area contributed by atoms with Crippen LogP contribution in [-0.2, 0) is 24.0 Å². The zero-order chi connectivity index (χ0) is 15.7. The zero-order valence-electron chi connectivity index (χ0n) is 13.9. The van der Waals surface area contributed by atoms with E-state index in [4.69, 9.17) is 4.74 Å². The largest absolute Gasteiger partial charge is 0.449 e. The maximum atomic E-state index is 12.3. The number of aryl methyl sites for hydroxylation is 1. The molecule has 0 atom stereocenters. The highest BCUT2D eigenvalue weighted by molar-refractivity contribution is 6.04. The molecule has 2 aliphatic heterocycles. The predicted molar refractivity (Wildman–Crippen MR) is 91.4 cm³/mol. The normalized spacial score (nSPS) is 18.4. The van der Waals surface area contributed by atoms with Crippen LogP contribution in [0.4, 0.5) is 10.5 Å². The summed E-state index contributed by atoms with van der Waals surface area (Å²) in [4.78, 5) is 16.5. The van der Waals surface area contributed by atoms with Crippen LogP contribution >= 0.6 is 0 Å². The number of fused-ring (bicyclic) bond motifs is 2. The zero-order valence-corrected chi connectivity index (χ0v) is 13.9. The van der Waals surface area contributed by atoms with Crippen LogP contribution in [-0.4, -0.2) is 45.1 Å². The number of hydrogen-bond donors (Lipinski definition) is 0. The number of benzene rings is 1. The Morgan fingerprint density at radius 3 is 2.77 bits per heavy atom. The molecule has 0 bridgehead atoms. The van der Waals surface area contributed by atoms with Crippen LogP contribution in [0.5, 0.6) is 0 Å². The van der Waals surface area contributed by atoms with E-state index in [-0.39, 0.29) is 6.09 Å². The van der Waals surface area contributed by atoms with E-state index in [1.54, 1.807) is 0 Å². The highest BCUT2D eigenvalue weighted by Gasteiger charge is 2.28. The van der Waals surface area contributed by atoms with E-state index < -0.39 is 0 Å². The number of carbonyl (C=O) groups is 1. The average molecular weight is 300 g/mol. The molecular weight excluding hydrogens is 275 g/mol. The van der Waals surface area contributed by atoms with E-state index in [1.807, 2.05) is 11.8 Å². The molecule has 0 N–H and O–H groups in total. The number of ether oxygens (including phenoxy) is 1. The van der Waals surface area contributed by atoms with Crippen molar-refractivity contribution < 1.29 is 9.53 Å². The summed E-state index contributed by atoms with van der Waals surface area (Å²) in [6, 6.07) is 2.35. The summed E-state index contributed by atoms with van der Waals surface area (Å²) in [6.07, 6.45) is 4.07. The fourth-order valence-electron chi connectivity index (χ4n) is 3.78. The van der Waals surface area contributed by atoms with Crippen molar-refractivity contribution in [3.63, 3.8) is 0 Å². The van der Waals surface area contributed by atoms with E-state index in [1.165, 1.54) is 22.3 Å². The molecule has 118 valence electrons. The highest BCUT2D eigenvalue weighted by atomic mass is 16.6. The van der Waals surface area contributed by atoms with Crippen molar-refractivity contribution in [3.05, 3.63) is 28.3 Å². The van der Waals surface area contributed by atoms with Crippen molar-refractivity contribution in [2.45, 2.75) is 39.5 Å². The van der Waals surface area contributed by atoms with Gasteiger partial charge in [-0.1, -0.05) is 6.07 Å². The van der Waals surface area contributed by atoms with Gasteiger partial charge in [0.2, 0.25) is 0 Å². The van der Waals surface area contributed by atoms with Crippen molar-refractivity contribution in [2.24, 2.45) is 0 Å². The van der Waals surface area contributed by atoms with Gasteiger partial charge in [-0.05, 0) is 74.9 Å². The third-order valence-corrected chi connectivity index (χ3v) is 4.94. The van der Waals surface area contributed by atoms with E-state index in [0.717, 1.165) is 51.0 Å². The van der Waals surface area contributed by atoms with Gasteiger partial charge >= 0.3 is 6.09 Å². The Morgan fingerprint density at radius 2 is 2.00 bits per heavy atom. The summed E-state index contributed by atoms with van der Waals surface area (Å²) >= 11 is 0. The number of rotatable bonds is 1. The topological polar surface area (TPSA) is 32.8 Å². The SMILES string of the molecule is BN1CCc2cc3c(c(C)c2CC1)N(C(=O)OCC)CCC3. The van der Waals surface area contributed by atoms with Gasteiger partial charge in [-0.25, -0.2) is 4.79 Å². The van der Waals surface area contributed by atoms with Crippen molar-refractivity contribution in [1.82, 2.24) is 4.81 Å². The molecule has 2 heterocycles. The molecule has 0 radical (unpaired) electrons. The molecule has 0 fully saturated rings. The van der Waals surface area contributed by atoms with Gasteiger partial charge in [0.05, 0.1) is 12.3 Å². The molecule has 0 aromatic heterocycles. The van der Waals surface area contributed by atoms with Gasteiger partial charge in [-0.15, -0.1) is 0 Å². The lowest BCUT2D eigenvalue weighted by Gasteiger charge is -2.32. The first-order valence-corrected chi connectivity index (χ1v) is 8.39. The first-order chi connectivity index (χ1) is 10.6.